The predicted octanol–water partition coefficient (Wildman–Crippen LogP) is 6.07. The van der Waals surface area contributed by atoms with Crippen LogP contribution < -0.4 is 5.32 Å². The van der Waals surface area contributed by atoms with Crippen molar-refractivity contribution in [1.82, 2.24) is 0 Å². The molecule has 1 N–H and O–H groups in total. The van der Waals surface area contributed by atoms with Crippen molar-refractivity contribution in [2.75, 3.05) is 11.9 Å². The molecule has 3 aromatic rings. The van der Waals surface area contributed by atoms with E-state index >= 15 is 0 Å². The normalized spacial score (nSPS) is 11.4. The van der Waals surface area contributed by atoms with Gasteiger partial charge in [-0.2, -0.15) is 13.2 Å². The lowest BCUT2D eigenvalue weighted by molar-refractivity contribution is -0.137. The largest absolute Gasteiger partial charge is 0.462 e. The highest BCUT2D eigenvalue weighted by molar-refractivity contribution is 7.16. The van der Waals surface area contributed by atoms with Crippen molar-refractivity contribution >= 4 is 28.2 Å². The average molecular weight is 437 g/mol. The van der Waals surface area contributed by atoms with Gasteiger partial charge in [-0.25, -0.2) is 4.79 Å². The number of benzene rings is 1. The molecule has 0 spiro atoms. The molecule has 30 heavy (non-hydrogen) atoms. The van der Waals surface area contributed by atoms with E-state index in [1.165, 1.54) is 41.7 Å². The Morgan fingerprint density at radius 1 is 1.13 bits per heavy atom. The minimum atomic E-state index is -4.56. The quantitative estimate of drug-likeness (QED) is 0.492. The minimum Gasteiger partial charge on any atom is -0.462 e. The molecule has 0 fully saturated rings. The first-order chi connectivity index (χ1) is 14.1. The highest BCUT2D eigenvalue weighted by Gasteiger charge is 2.34. The first-order valence-electron chi connectivity index (χ1n) is 8.98. The van der Waals surface area contributed by atoms with E-state index in [2.05, 4.69) is 5.32 Å². The molecule has 5 nitrogen and oxygen atoms in total. The summed E-state index contributed by atoms with van der Waals surface area (Å²) in [6.45, 7) is 5.40. The monoisotopic (exact) mass is 437 g/mol. The van der Waals surface area contributed by atoms with Crippen LogP contribution in [0.25, 0.3) is 11.3 Å². The molecular formula is C21H18F3NO4S. The second kappa shape index (κ2) is 8.35. The molecule has 0 aliphatic carbocycles. The van der Waals surface area contributed by atoms with Crippen LogP contribution in [0.15, 0.2) is 40.8 Å². The Kier molecular flexibility index (Phi) is 6.02. The number of anilines is 1. The fraction of sp³-hybridized carbons (Fsp3) is 0.238. The summed E-state index contributed by atoms with van der Waals surface area (Å²) in [5.41, 5.74) is -0.0885. The number of carbonyl (C=O) groups is 2. The van der Waals surface area contributed by atoms with Crippen LogP contribution in [0.4, 0.5) is 18.2 Å². The highest BCUT2D eigenvalue weighted by atomic mass is 32.1. The van der Waals surface area contributed by atoms with Gasteiger partial charge in [0, 0.05) is 10.4 Å². The van der Waals surface area contributed by atoms with Gasteiger partial charge in [0.15, 0.2) is 5.76 Å². The Balaban J connectivity index is 1.90. The predicted molar refractivity (Wildman–Crippen MR) is 107 cm³/mol. The molecule has 0 radical (unpaired) electrons. The van der Waals surface area contributed by atoms with Crippen LogP contribution >= 0.6 is 11.3 Å². The number of thiophene rings is 1. The molecule has 0 aliphatic rings. The molecule has 2 aromatic heterocycles. The van der Waals surface area contributed by atoms with Crippen LogP contribution in [-0.2, 0) is 10.9 Å². The molecule has 158 valence electrons. The molecule has 0 atom stereocenters. The van der Waals surface area contributed by atoms with Crippen molar-refractivity contribution in [2.24, 2.45) is 0 Å². The molecule has 2 heterocycles. The van der Waals surface area contributed by atoms with Gasteiger partial charge in [0.2, 0.25) is 0 Å². The summed E-state index contributed by atoms with van der Waals surface area (Å²) >= 11 is 1.20. The van der Waals surface area contributed by atoms with E-state index in [9.17, 15) is 22.8 Å². The van der Waals surface area contributed by atoms with Crippen molar-refractivity contribution in [3.63, 3.8) is 0 Å². The Labute approximate surface area is 174 Å². The van der Waals surface area contributed by atoms with Crippen molar-refractivity contribution in [1.29, 1.82) is 0 Å². The Morgan fingerprint density at radius 3 is 2.50 bits per heavy atom. The number of aryl methyl sites for hydroxylation is 1. The third kappa shape index (κ3) is 4.25. The van der Waals surface area contributed by atoms with E-state index in [0.717, 1.165) is 10.9 Å². The molecule has 1 aromatic carbocycles. The Hall–Kier alpha value is -3.07. The first kappa shape index (κ1) is 21.6. The molecule has 0 aliphatic heterocycles. The average Bonchev–Trinajstić information content (AvgIpc) is 3.27. The van der Waals surface area contributed by atoms with Crippen LogP contribution in [0.2, 0.25) is 0 Å². The van der Waals surface area contributed by atoms with Gasteiger partial charge in [-0.1, -0.05) is 18.2 Å². The zero-order valence-electron chi connectivity index (χ0n) is 16.3. The van der Waals surface area contributed by atoms with E-state index in [4.69, 9.17) is 9.15 Å². The zero-order chi connectivity index (χ0) is 22.1. The summed E-state index contributed by atoms with van der Waals surface area (Å²) in [6.07, 6.45) is -4.56. The van der Waals surface area contributed by atoms with Gasteiger partial charge in [-0.3, -0.25) is 4.79 Å². The summed E-state index contributed by atoms with van der Waals surface area (Å²) in [7, 11) is 0. The number of carbonyl (C=O) groups excluding carboxylic acids is 2. The number of hydrogen-bond acceptors (Lipinski definition) is 5. The van der Waals surface area contributed by atoms with Crippen LogP contribution in [0.3, 0.4) is 0 Å². The molecule has 1 amide bonds. The maximum absolute atomic E-state index is 13.2. The molecule has 0 unspecified atom stereocenters. The second-order valence-corrected chi connectivity index (χ2v) is 7.59. The summed E-state index contributed by atoms with van der Waals surface area (Å²) < 4.78 is 50.2. The van der Waals surface area contributed by atoms with Gasteiger partial charge >= 0.3 is 12.1 Å². The van der Waals surface area contributed by atoms with Gasteiger partial charge in [0.05, 0.1) is 17.7 Å². The van der Waals surface area contributed by atoms with Crippen LogP contribution in [0.5, 0.6) is 0 Å². The van der Waals surface area contributed by atoms with E-state index in [-0.39, 0.29) is 29.3 Å². The maximum atomic E-state index is 13.2. The van der Waals surface area contributed by atoms with E-state index in [0.29, 0.717) is 10.6 Å². The van der Waals surface area contributed by atoms with E-state index < -0.39 is 23.6 Å². The molecule has 0 saturated carbocycles. The number of hydrogen-bond donors (Lipinski definition) is 1. The van der Waals surface area contributed by atoms with Crippen molar-refractivity contribution < 1.29 is 31.9 Å². The van der Waals surface area contributed by atoms with Crippen molar-refractivity contribution in [3.05, 3.63) is 63.7 Å². The number of furan rings is 1. The van der Waals surface area contributed by atoms with Crippen molar-refractivity contribution in [3.8, 4) is 11.3 Å². The van der Waals surface area contributed by atoms with Crippen molar-refractivity contribution in [2.45, 2.75) is 26.9 Å². The number of alkyl halides is 3. The Bertz CT molecular complexity index is 1100. The molecule has 3 rings (SSSR count). The topological polar surface area (TPSA) is 68.5 Å². The van der Waals surface area contributed by atoms with Gasteiger partial charge < -0.3 is 14.5 Å². The summed E-state index contributed by atoms with van der Waals surface area (Å²) in [5, 5.41) is 2.89. The molecule has 0 saturated heterocycles. The van der Waals surface area contributed by atoms with Gasteiger partial charge in [-0.15, -0.1) is 11.3 Å². The van der Waals surface area contributed by atoms with Crippen LogP contribution in [0.1, 0.15) is 43.8 Å². The number of halogens is 3. The Morgan fingerprint density at radius 2 is 1.83 bits per heavy atom. The molecule has 9 heteroatoms. The lowest BCUT2D eigenvalue weighted by Gasteiger charge is -2.10. The summed E-state index contributed by atoms with van der Waals surface area (Å²) in [4.78, 5) is 25.7. The second-order valence-electron chi connectivity index (χ2n) is 6.37. The molecular weight excluding hydrogens is 419 g/mol. The SMILES string of the molecule is CCOC(=O)c1c(NC(=O)c2ccc(-c3ccccc3C(F)(F)F)o2)sc(C)c1C. The van der Waals surface area contributed by atoms with E-state index in [1.807, 2.05) is 0 Å². The van der Waals surface area contributed by atoms with Crippen LogP contribution in [0, 0.1) is 13.8 Å². The smallest absolute Gasteiger partial charge is 0.417 e. The number of rotatable bonds is 5. The number of nitrogens with one attached hydrogen (secondary N) is 1. The van der Waals surface area contributed by atoms with Gasteiger partial charge in [0.1, 0.15) is 10.8 Å². The first-order valence-corrected chi connectivity index (χ1v) is 9.80. The van der Waals surface area contributed by atoms with Gasteiger partial charge in [-0.05, 0) is 44.5 Å². The molecule has 0 bridgehead atoms. The standard InChI is InChI=1S/C21H18F3NO4S/c1-4-28-20(27)17-11(2)12(3)30-19(17)25-18(26)16-10-9-15(29-16)13-7-5-6-8-14(13)21(22,23)24/h5-10H,4H2,1-3H3,(H,25,26). The highest BCUT2D eigenvalue weighted by Crippen LogP contribution is 2.38. The number of esters is 1. The third-order valence-electron chi connectivity index (χ3n) is 4.42. The van der Waals surface area contributed by atoms with Gasteiger partial charge in [0.25, 0.3) is 5.91 Å². The summed E-state index contributed by atoms with van der Waals surface area (Å²) in [5.74, 6) is -1.51. The number of amides is 1. The summed E-state index contributed by atoms with van der Waals surface area (Å²) in [6, 6.07) is 7.54. The lowest BCUT2D eigenvalue weighted by Crippen LogP contribution is -2.14. The maximum Gasteiger partial charge on any atom is 0.417 e. The fourth-order valence-corrected chi connectivity index (χ4v) is 3.92. The fourth-order valence-electron chi connectivity index (χ4n) is 2.88. The van der Waals surface area contributed by atoms with E-state index in [1.54, 1.807) is 20.8 Å². The minimum absolute atomic E-state index is 0.0859. The zero-order valence-corrected chi connectivity index (χ0v) is 17.2. The lowest BCUT2D eigenvalue weighted by atomic mass is 10.1. The number of ether oxygens (including phenoxy) is 1. The van der Waals surface area contributed by atoms with Crippen LogP contribution in [-0.4, -0.2) is 18.5 Å². The third-order valence-corrected chi connectivity index (χ3v) is 5.54.